The van der Waals surface area contributed by atoms with Gasteiger partial charge in [0.25, 0.3) is 5.91 Å². The summed E-state index contributed by atoms with van der Waals surface area (Å²) >= 11 is 0. The first-order valence-corrected chi connectivity index (χ1v) is 8.12. The lowest BCUT2D eigenvalue weighted by molar-refractivity contribution is -0.155. The molecule has 5 nitrogen and oxygen atoms in total. The molecule has 0 spiro atoms. The fourth-order valence-electron chi connectivity index (χ4n) is 2.26. The number of rotatable bonds is 6. The van der Waals surface area contributed by atoms with Crippen molar-refractivity contribution in [3.05, 3.63) is 59.2 Å². The number of carbonyl (C=O) groups is 2. The van der Waals surface area contributed by atoms with Crippen molar-refractivity contribution < 1.29 is 19.1 Å². The number of carbonyl (C=O) groups excluding carboxylic acids is 2. The van der Waals surface area contributed by atoms with Crippen LogP contribution in [0.15, 0.2) is 42.5 Å². The van der Waals surface area contributed by atoms with Crippen LogP contribution in [0.5, 0.6) is 5.75 Å². The highest BCUT2D eigenvalue weighted by molar-refractivity contribution is 5.95. The summed E-state index contributed by atoms with van der Waals surface area (Å²) in [5, 5.41) is 2.71. The minimum Gasteiger partial charge on any atom is -0.482 e. The minimum absolute atomic E-state index is 0.244. The van der Waals surface area contributed by atoms with Crippen LogP contribution in [-0.4, -0.2) is 24.6 Å². The van der Waals surface area contributed by atoms with Crippen molar-refractivity contribution in [2.75, 3.05) is 11.9 Å². The summed E-state index contributed by atoms with van der Waals surface area (Å²) in [5.74, 6) is -0.352. The van der Waals surface area contributed by atoms with Crippen molar-refractivity contribution in [2.24, 2.45) is 0 Å². The summed E-state index contributed by atoms with van der Waals surface area (Å²) in [7, 11) is 0. The SMILES string of the molecule is Cc1ccc(NC(=O)[C@@H](C)OC(=O)COc2ccc(C)cc2C)cc1. The zero-order chi connectivity index (χ0) is 18.4. The fraction of sp³-hybridized carbons (Fsp3) is 0.300. The van der Waals surface area contributed by atoms with Crippen molar-refractivity contribution in [2.45, 2.75) is 33.8 Å². The zero-order valence-electron chi connectivity index (χ0n) is 15.0. The summed E-state index contributed by atoms with van der Waals surface area (Å²) in [4.78, 5) is 23.9. The van der Waals surface area contributed by atoms with E-state index in [-0.39, 0.29) is 12.5 Å². The second-order valence-electron chi connectivity index (χ2n) is 6.04. The highest BCUT2D eigenvalue weighted by atomic mass is 16.6. The Morgan fingerprint density at radius 2 is 1.64 bits per heavy atom. The molecule has 2 rings (SSSR count). The third-order valence-corrected chi connectivity index (χ3v) is 3.67. The molecule has 0 aliphatic heterocycles. The molecule has 0 aliphatic rings. The molecular weight excluding hydrogens is 318 g/mol. The lowest BCUT2D eigenvalue weighted by Crippen LogP contribution is -2.31. The number of anilines is 1. The quantitative estimate of drug-likeness (QED) is 0.816. The number of benzene rings is 2. The van der Waals surface area contributed by atoms with Crippen LogP contribution < -0.4 is 10.1 Å². The maximum Gasteiger partial charge on any atom is 0.344 e. The molecule has 5 heteroatoms. The molecule has 2 aromatic rings. The van der Waals surface area contributed by atoms with E-state index in [4.69, 9.17) is 9.47 Å². The topological polar surface area (TPSA) is 64.6 Å². The smallest absolute Gasteiger partial charge is 0.344 e. The molecule has 0 unspecified atom stereocenters. The van der Waals surface area contributed by atoms with Crippen LogP contribution in [-0.2, 0) is 14.3 Å². The summed E-state index contributed by atoms with van der Waals surface area (Å²) in [6.45, 7) is 7.14. The van der Waals surface area contributed by atoms with Crippen molar-refractivity contribution in [3.8, 4) is 5.75 Å². The van der Waals surface area contributed by atoms with Gasteiger partial charge in [-0.2, -0.15) is 0 Å². The van der Waals surface area contributed by atoms with Crippen molar-refractivity contribution in [1.29, 1.82) is 0 Å². The van der Waals surface area contributed by atoms with Crippen LogP contribution in [0.3, 0.4) is 0 Å². The average Bonchev–Trinajstić information content (AvgIpc) is 2.56. The van der Waals surface area contributed by atoms with Gasteiger partial charge in [0.1, 0.15) is 5.75 Å². The van der Waals surface area contributed by atoms with Crippen LogP contribution in [0.25, 0.3) is 0 Å². The zero-order valence-corrected chi connectivity index (χ0v) is 15.0. The van der Waals surface area contributed by atoms with E-state index in [0.717, 1.165) is 16.7 Å². The monoisotopic (exact) mass is 341 g/mol. The van der Waals surface area contributed by atoms with Gasteiger partial charge in [0, 0.05) is 5.69 Å². The van der Waals surface area contributed by atoms with Crippen LogP contribution >= 0.6 is 0 Å². The first-order valence-electron chi connectivity index (χ1n) is 8.12. The van der Waals surface area contributed by atoms with Gasteiger partial charge in [-0.05, 0) is 51.5 Å². The number of amides is 1. The van der Waals surface area contributed by atoms with E-state index in [1.165, 1.54) is 6.92 Å². The normalized spacial score (nSPS) is 11.5. The van der Waals surface area contributed by atoms with Crippen LogP contribution in [0, 0.1) is 20.8 Å². The van der Waals surface area contributed by atoms with Crippen molar-refractivity contribution in [3.63, 3.8) is 0 Å². The van der Waals surface area contributed by atoms with Gasteiger partial charge in [0.05, 0.1) is 0 Å². The number of aryl methyl sites for hydroxylation is 3. The second-order valence-corrected chi connectivity index (χ2v) is 6.04. The van der Waals surface area contributed by atoms with Gasteiger partial charge in [0.2, 0.25) is 0 Å². The van der Waals surface area contributed by atoms with E-state index < -0.39 is 12.1 Å². The van der Waals surface area contributed by atoms with E-state index in [1.807, 2.05) is 51.1 Å². The Morgan fingerprint density at radius 1 is 1.00 bits per heavy atom. The highest BCUT2D eigenvalue weighted by Gasteiger charge is 2.18. The molecule has 1 atom stereocenters. The van der Waals surface area contributed by atoms with E-state index in [2.05, 4.69) is 5.32 Å². The first kappa shape index (κ1) is 18.5. The van der Waals surface area contributed by atoms with Crippen LogP contribution in [0.1, 0.15) is 23.6 Å². The first-order chi connectivity index (χ1) is 11.8. The molecule has 0 bridgehead atoms. The molecule has 1 amide bonds. The summed E-state index contributed by atoms with van der Waals surface area (Å²) in [6.07, 6.45) is -0.906. The molecule has 0 fully saturated rings. The lowest BCUT2D eigenvalue weighted by Gasteiger charge is -2.14. The van der Waals surface area contributed by atoms with E-state index in [9.17, 15) is 9.59 Å². The van der Waals surface area contributed by atoms with Gasteiger partial charge in [0.15, 0.2) is 12.7 Å². The van der Waals surface area contributed by atoms with Gasteiger partial charge in [-0.25, -0.2) is 4.79 Å². The molecule has 0 heterocycles. The Balaban J connectivity index is 1.82. The van der Waals surface area contributed by atoms with E-state index in [0.29, 0.717) is 11.4 Å². The predicted molar refractivity (Wildman–Crippen MR) is 96.8 cm³/mol. The molecule has 0 saturated carbocycles. The van der Waals surface area contributed by atoms with Gasteiger partial charge in [-0.3, -0.25) is 4.79 Å². The van der Waals surface area contributed by atoms with E-state index >= 15 is 0 Å². The van der Waals surface area contributed by atoms with Gasteiger partial charge >= 0.3 is 5.97 Å². The van der Waals surface area contributed by atoms with Crippen LogP contribution in [0.4, 0.5) is 5.69 Å². The fourth-order valence-corrected chi connectivity index (χ4v) is 2.26. The van der Waals surface area contributed by atoms with E-state index in [1.54, 1.807) is 12.1 Å². The number of esters is 1. The lowest BCUT2D eigenvalue weighted by atomic mass is 10.1. The Bertz CT molecular complexity index is 753. The number of hydrogen-bond donors (Lipinski definition) is 1. The minimum atomic E-state index is -0.906. The van der Waals surface area contributed by atoms with Gasteiger partial charge in [-0.15, -0.1) is 0 Å². The molecule has 0 saturated heterocycles. The van der Waals surface area contributed by atoms with Crippen molar-refractivity contribution in [1.82, 2.24) is 0 Å². The van der Waals surface area contributed by atoms with Crippen LogP contribution in [0.2, 0.25) is 0 Å². The Morgan fingerprint density at radius 3 is 2.28 bits per heavy atom. The Kier molecular flexibility index (Phi) is 6.17. The number of nitrogens with one attached hydrogen (secondary N) is 1. The number of ether oxygens (including phenoxy) is 2. The third kappa shape index (κ3) is 5.64. The summed E-state index contributed by atoms with van der Waals surface area (Å²) in [6, 6.07) is 13.1. The standard InChI is InChI=1S/C20H23NO4/c1-13-5-8-17(9-6-13)21-20(23)16(4)25-19(22)12-24-18-10-7-14(2)11-15(18)3/h5-11,16H,12H2,1-4H3,(H,21,23)/t16-/m1/s1. The second kappa shape index (κ2) is 8.33. The molecule has 1 N–H and O–H groups in total. The average molecular weight is 341 g/mol. The number of hydrogen-bond acceptors (Lipinski definition) is 4. The van der Waals surface area contributed by atoms with Gasteiger partial charge < -0.3 is 14.8 Å². The Labute approximate surface area is 148 Å². The molecule has 0 radical (unpaired) electrons. The maximum absolute atomic E-state index is 12.1. The molecule has 2 aromatic carbocycles. The maximum atomic E-state index is 12.1. The summed E-state index contributed by atoms with van der Waals surface area (Å²) in [5.41, 5.74) is 3.82. The molecule has 0 aliphatic carbocycles. The molecular formula is C20H23NO4. The molecule has 0 aromatic heterocycles. The largest absolute Gasteiger partial charge is 0.482 e. The van der Waals surface area contributed by atoms with Crippen molar-refractivity contribution >= 4 is 17.6 Å². The molecule has 132 valence electrons. The van der Waals surface area contributed by atoms with Gasteiger partial charge in [-0.1, -0.05) is 35.4 Å². The predicted octanol–water partition coefficient (Wildman–Crippen LogP) is 3.56. The Hall–Kier alpha value is -2.82. The summed E-state index contributed by atoms with van der Waals surface area (Å²) < 4.78 is 10.6. The third-order valence-electron chi connectivity index (χ3n) is 3.67. The molecule has 25 heavy (non-hydrogen) atoms. The highest BCUT2D eigenvalue weighted by Crippen LogP contribution is 2.18.